The summed E-state index contributed by atoms with van der Waals surface area (Å²) in [6.07, 6.45) is 2.77. The van der Waals surface area contributed by atoms with Crippen LogP contribution in [0.25, 0.3) is 0 Å². The van der Waals surface area contributed by atoms with E-state index in [0.717, 1.165) is 25.0 Å². The van der Waals surface area contributed by atoms with Crippen molar-refractivity contribution in [2.45, 2.75) is 31.8 Å². The standard InChI is InChI=1S/C21H23FN2O3/c22-16-10-7-15(8-11-16)9-12-20(25)24-19-6-2-1-5-18(19)21(26)23-14-17-4-3-13-27-17/h1-2,5-8,10-11,17H,3-4,9,12-14H2,(H,23,26)(H,24,25). The first-order chi connectivity index (χ1) is 13.1. The summed E-state index contributed by atoms with van der Waals surface area (Å²) in [6.45, 7) is 1.20. The van der Waals surface area contributed by atoms with Crippen LogP contribution in [0.3, 0.4) is 0 Å². The first kappa shape index (κ1) is 19.0. The normalized spacial score (nSPS) is 16.1. The third-order valence-electron chi connectivity index (χ3n) is 4.51. The molecule has 2 aromatic carbocycles. The van der Waals surface area contributed by atoms with Gasteiger partial charge in [0.15, 0.2) is 0 Å². The van der Waals surface area contributed by atoms with Crippen LogP contribution in [0.2, 0.25) is 0 Å². The summed E-state index contributed by atoms with van der Waals surface area (Å²) in [5.74, 6) is -0.732. The number of halogens is 1. The highest BCUT2D eigenvalue weighted by molar-refractivity contribution is 6.03. The Kier molecular flexibility index (Phi) is 6.54. The molecule has 3 rings (SSSR count). The highest BCUT2D eigenvalue weighted by Gasteiger charge is 2.18. The minimum Gasteiger partial charge on any atom is -0.376 e. The average molecular weight is 370 g/mol. The molecular formula is C21H23FN2O3. The summed E-state index contributed by atoms with van der Waals surface area (Å²) in [4.78, 5) is 24.7. The van der Waals surface area contributed by atoms with E-state index in [1.807, 2.05) is 0 Å². The molecule has 142 valence electrons. The Labute approximate surface area is 157 Å². The summed E-state index contributed by atoms with van der Waals surface area (Å²) in [5, 5.41) is 5.66. The number of ether oxygens (including phenoxy) is 1. The third kappa shape index (κ3) is 5.62. The number of para-hydroxylation sites is 1. The Bertz CT molecular complexity index is 786. The quantitative estimate of drug-likeness (QED) is 0.786. The number of carbonyl (C=O) groups excluding carboxylic acids is 2. The van der Waals surface area contributed by atoms with Crippen molar-refractivity contribution in [1.82, 2.24) is 5.32 Å². The molecule has 0 saturated carbocycles. The minimum atomic E-state index is -0.300. The first-order valence-corrected chi connectivity index (χ1v) is 9.15. The molecule has 1 saturated heterocycles. The zero-order valence-corrected chi connectivity index (χ0v) is 15.0. The predicted octanol–water partition coefficient (Wildman–Crippen LogP) is 3.31. The van der Waals surface area contributed by atoms with Gasteiger partial charge in [0.2, 0.25) is 5.91 Å². The van der Waals surface area contributed by atoms with E-state index in [-0.39, 0.29) is 30.2 Å². The maximum Gasteiger partial charge on any atom is 0.253 e. The van der Waals surface area contributed by atoms with Gasteiger partial charge in [0.05, 0.1) is 17.4 Å². The summed E-state index contributed by atoms with van der Waals surface area (Å²) < 4.78 is 18.4. The van der Waals surface area contributed by atoms with Crippen molar-refractivity contribution in [2.75, 3.05) is 18.5 Å². The van der Waals surface area contributed by atoms with Gasteiger partial charge < -0.3 is 15.4 Å². The van der Waals surface area contributed by atoms with E-state index in [1.54, 1.807) is 36.4 Å². The van der Waals surface area contributed by atoms with Gasteiger partial charge in [-0.2, -0.15) is 0 Å². The van der Waals surface area contributed by atoms with Crippen LogP contribution in [-0.2, 0) is 16.0 Å². The van der Waals surface area contributed by atoms with Crippen molar-refractivity contribution in [1.29, 1.82) is 0 Å². The van der Waals surface area contributed by atoms with E-state index in [1.165, 1.54) is 12.1 Å². The second kappa shape index (κ2) is 9.28. The second-order valence-corrected chi connectivity index (χ2v) is 6.57. The molecule has 2 N–H and O–H groups in total. The molecule has 27 heavy (non-hydrogen) atoms. The van der Waals surface area contributed by atoms with Gasteiger partial charge in [-0.3, -0.25) is 9.59 Å². The van der Waals surface area contributed by atoms with E-state index >= 15 is 0 Å². The molecule has 0 aliphatic carbocycles. The molecule has 0 aromatic heterocycles. The van der Waals surface area contributed by atoms with Crippen molar-refractivity contribution in [2.24, 2.45) is 0 Å². The van der Waals surface area contributed by atoms with Crippen molar-refractivity contribution < 1.29 is 18.7 Å². The van der Waals surface area contributed by atoms with E-state index in [2.05, 4.69) is 10.6 Å². The molecule has 6 heteroatoms. The zero-order valence-electron chi connectivity index (χ0n) is 15.0. The monoisotopic (exact) mass is 370 g/mol. The van der Waals surface area contributed by atoms with Gasteiger partial charge in [-0.1, -0.05) is 24.3 Å². The Morgan fingerprint density at radius 3 is 2.63 bits per heavy atom. The van der Waals surface area contributed by atoms with Gasteiger partial charge in [-0.15, -0.1) is 0 Å². The molecule has 0 radical (unpaired) electrons. The maximum absolute atomic E-state index is 12.9. The SMILES string of the molecule is O=C(CCc1ccc(F)cc1)Nc1ccccc1C(=O)NCC1CCCO1. The predicted molar refractivity (Wildman–Crippen MR) is 101 cm³/mol. The van der Waals surface area contributed by atoms with Crippen LogP contribution in [0.5, 0.6) is 0 Å². The second-order valence-electron chi connectivity index (χ2n) is 6.57. The lowest BCUT2D eigenvalue weighted by atomic mass is 10.1. The number of hydrogen-bond acceptors (Lipinski definition) is 3. The number of nitrogens with one attached hydrogen (secondary N) is 2. The van der Waals surface area contributed by atoms with Crippen molar-refractivity contribution >= 4 is 17.5 Å². The van der Waals surface area contributed by atoms with E-state index in [9.17, 15) is 14.0 Å². The fourth-order valence-electron chi connectivity index (χ4n) is 3.02. The van der Waals surface area contributed by atoms with Gasteiger partial charge in [-0.25, -0.2) is 4.39 Å². The largest absolute Gasteiger partial charge is 0.376 e. The molecule has 1 heterocycles. The smallest absolute Gasteiger partial charge is 0.253 e. The van der Waals surface area contributed by atoms with Crippen molar-refractivity contribution in [3.8, 4) is 0 Å². The summed E-state index contributed by atoms with van der Waals surface area (Å²) in [6, 6.07) is 13.0. The first-order valence-electron chi connectivity index (χ1n) is 9.15. The Balaban J connectivity index is 1.55. The van der Waals surface area contributed by atoms with Crippen molar-refractivity contribution in [3.63, 3.8) is 0 Å². The highest BCUT2D eigenvalue weighted by Crippen LogP contribution is 2.17. The molecule has 1 unspecified atom stereocenters. The molecule has 1 atom stereocenters. The van der Waals surface area contributed by atoms with Crippen LogP contribution in [0, 0.1) is 5.82 Å². The van der Waals surface area contributed by atoms with Crippen molar-refractivity contribution in [3.05, 3.63) is 65.5 Å². The fourth-order valence-corrected chi connectivity index (χ4v) is 3.02. The lowest BCUT2D eigenvalue weighted by Crippen LogP contribution is -2.32. The highest BCUT2D eigenvalue weighted by atomic mass is 19.1. The number of amides is 2. The number of anilines is 1. The third-order valence-corrected chi connectivity index (χ3v) is 4.51. The molecule has 1 fully saturated rings. The van der Waals surface area contributed by atoms with Crippen LogP contribution in [-0.4, -0.2) is 31.1 Å². The minimum absolute atomic E-state index is 0.0615. The van der Waals surface area contributed by atoms with Crippen LogP contribution in [0.1, 0.15) is 35.2 Å². The molecule has 2 amide bonds. The topological polar surface area (TPSA) is 67.4 Å². The summed E-state index contributed by atoms with van der Waals surface area (Å²) >= 11 is 0. The van der Waals surface area contributed by atoms with Crippen LogP contribution < -0.4 is 10.6 Å². The molecule has 0 bridgehead atoms. The molecule has 0 spiro atoms. The summed E-state index contributed by atoms with van der Waals surface area (Å²) in [7, 11) is 0. The lowest BCUT2D eigenvalue weighted by molar-refractivity contribution is -0.116. The van der Waals surface area contributed by atoms with Crippen LogP contribution >= 0.6 is 0 Å². The Morgan fingerprint density at radius 1 is 1.11 bits per heavy atom. The van der Waals surface area contributed by atoms with Gasteiger partial charge in [-0.05, 0) is 49.1 Å². The molecule has 1 aliphatic rings. The maximum atomic E-state index is 12.9. The molecular weight excluding hydrogens is 347 g/mol. The van der Waals surface area contributed by atoms with Gasteiger partial charge in [0.25, 0.3) is 5.91 Å². The fraction of sp³-hybridized carbons (Fsp3) is 0.333. The zero-order chi connectivity index (χ0) is 19.1. The number of rotatable bonds is 7. The van der Waals surface area contributed by atoms with E-state index in [0.29, 0.717) is 24.2 Å². The average Bonchev–Trinajstić information content (AvgIpc) is 3.20. The van der Waals surface area contributed by atoms with Crippen LogP contribution in [0.4, 0.5) is 10.1 Å². The number of aryl methyl sites for hydroxylation is 1. The van der Waals surface area contributed by atoms with E-state index < -0.39 is 0 Å². The molecule has 1 aliphatic heterocycles. The van der Waals surface area contributed by atoms with Gasteiger partial charge in [0, 0.05) is 19.6 Å². The molecule has 2 aromatic rings. The Hall–Kier alpha value is -2.73. The van der Waals surface area contributed by atoms with E-state index in [4.69, 9.17) is 4.74 Å². The lowest BCUT2D eigenvalue weighted by Gasteiger charge is -2.14. The molecule has 5 nitrogen and oxygen atoms in total. The van der Waals surface area contributed by atoms with Crippen LogP contribution in [0.15, 0.2) is 48.5 Å². The number of hydrogen-bond donors (Lipinski definition) is 2. The number of benzene rings is 2. The number of carbonyl (C=O) groups is 2. The van der Waals surface area contributed by atoms with Gasteiger partial charge in [0.1, 0.15) is 5.82 Å². The Morgan fingerprint density at radius 2 is 1.89 bits per heavy atom. The summed E-state index contributed by atoms with van der Waals surface area (Å²) in [5.41, 5.74) is 1.78. The van der Waals surface area contributed by atoms with Gasteiger partial charge >= 0.3 is 0 Å².